The van der Waals surface area contributed by atoms with E-state index in [0.29, 0.717) is 19.3 Å². The molecule has 1 fully saturated rings. The Morgan fingerprint density at radius 1 is 1.10 bits per heavy atom. The lowest BCUT2D eigenvalue weighted by Gasteiger charge is -2.35. The van der Waals surface area contributed by atoms with Crippen LogP contribution < -0.4 is 14.8 Å². The molecule has 6 heteroatoms. The van der Waals surface area contributed by atoms with Crippen molar-refractivity contribution in [2.75, 3.05) is 39.4 Å². The molecule has 0 spiro atoms. The lowest BCUT2D eigenvalue weighted by molar-refractivity contribution is 0.162. The Labute approximate surface area is 139 Å². The van der Waals surface area contributed by atoms with Crippen LogP contribution in [0.5, 0.6) is 11.5 Å². The minimum atomic E-state index is 0. The molecule has 0 aliphatic carbocycles. The average molecular weight is 335 g/mol. The van der Waals surface area contributed by atoms with E-state index in [-0.39, 0.29) is 24.8 Å². The van der Waals surface area contributed by atoms with Crippen molar-refractivity contribution in [1.29, 1.82) is 0 Å². The highest BCUT2D eigenvalue weighted by atomic mass is 35.5. The fraction of sp³-hybridized carbons (Fsp3) is 0.600. The molecule has 2 aliphatic heterocycles. The maximum absolute atomic E-state index is 5.69. The molecule has 120 valence electrons. The van der Waals surface area contributed by atoms with Crippen LogP contribution in [0.4, 0.5) is 0 Å². The molecule has 0 saturated carbocycles. The summed E-state index contributed by atoms with van der Waals surface area (Å²) in [4.78, 5) is 2.56. The molecule has 0 amide bonds. The topological polar surface area (TPSA) is 33.7 Å². The van der Waals surface area contributed by atoms with E-state index in [1.807, 2.05) is 0 Å². The average Bonchev–Trinajstić information content (AvgIpc) is 2.49. The van der Waals surface area contributed by atoms with Crippen LogP contribution in [0, 0.1) is 0 Å². The number of nitrogens with zero attached hydrogens (tertiary/aromatic N) is 1. The third-order valence-corrected chi connectivity index (χ3v) is 3.93. The molecule has 0 aromatic heterocycles. The first-order chi connectivity index (χ1) is 9.38. The number of halogens is 2. The predicted octanol–water partition coefficient (Wildman–Crippen LogP) is 2.66. The van der Waals surface area contributed by atoms with Crippen molar-refractivity contribution in [3.8, 4) is 11.5 Å². The molecular weight excluding hydrogens is 311 g/mol. The molecule has 1 aromatic rings. The number of hydrogen-bond acceptors (Lipinski definition) is 4. The Morgan fingerprint density at radius 2 is 1.76 bits per heavy atom. The van der Waals surface area contributed by atoms with Gasteiger partial charge in [-0.3, -0.25) is 4.90 Å². The molecule has 2 aliphatic rings. The van der Waals surface area contributed by atoms with Crippen LogP contribution in [0.15, 0.2) is 18.2 Å². The van der Waals surface area contributed by atoms with Gasteiger partial charge in [-0.1, -0.05) is 13.0 Å². The van der Waals surface area contributed by atoms with Crippen LogP contribution >= 0.6 is 24.8 Å². The van der Waals surface area contributed by atoms with Crippen LogP contribution in [-0.2, 0) is 0 Å². The lowest BCUT2D eigenvalue weighted by atomic mass is 10.0. The van der Waals surface area contributed by atoms with Gasteiger partial charge in [0.2, 0.25) is 0 Å². The Hall–Kier alpha value is -0.680. The third kappa shape index (κ3) is 4.16. The first-order valence-electron chi connectivity index (χ1n) is 7.23. The highest BCUT2D eigenvalue weighted by Crippen LogP contribution is 2.35. The Balaban J connectivity index is 0.00000110. The summed E-state index contributed by atoms with van der Waals surface area (Å²) in [5.74, 6) is 1.78. The minimum Gasteiger partial charge on any atom is -0.486 e. The number of nitrogens with one attached hydrogen (secondary N) is 1. The van der Waals surface area contributed by atoms with Gasteiger partial charge in [0.25, 0.3) is 0 Å². The van der Waals surface area contributed by atoms with Gasteiger partial charge in [0.15, 0.2) is 11.5 Å². The molecular formula is C15H24Cl2N2O2. The van der Waals surface area contributed by atoms with Crippen molar-refractivity contribution < 1.29 is 9.47 Å². The summed E-state index contributed by atoms with van der Waals surface area (Å²) in [5.41, 5.74) is 1.34. The van der Waals surface area contributed by atoms with Gasteiger partial charge in [-0.05, 0) is 24.1 Å². The smallest absolute Gasteiger partial charge is 0.161 e. The molecule has 1 N–H and O–H groups in total. The fourth-order valence-corrected chi connectivity index (χ4v) is 2.97. The van der Waals surface area contributed by atoms with Crippen molar-refractivity contribution in [3.63, 3.8) is 0 Å². The number of hydrogen-bond donors (Lipinski definition) is 1. The van der Waals surface area contributed by atoms with Crippen LogP contribution in [0.25, 0.3) is 0 Å². The number of fused-ring (bicyclic) bond motifs is 1. The second-order valence-corrected chi connectivity index (χ2v) is 5.11. The maximum Gasteiger partial charge on any atom is 0.161 e. The van der Waals surface area contributed by atoms with Gasteiger partial charge in [-0.15, -0.1) is 24.8 Å². The molecule has 2 heterocycles. The van der Waals surface area contributed by atoms with E-state index in [9.17, 15) is 0 Å². The summed E-state index contributed by atoms with van der Waals surface area (Å²) in [6, 6.07) is 6.88. The third-order valence-electron chi connectivity index (χ3n) is 3.93. The zero-order valence-corrected chi connectivity index (χ0v) is 14.0. The molecule has 0 radical (unpaired) electrons. The summed E-state index contributed by atoms with van der Waals surface area (Å²) >= 11 is 0. The van der Waals surface area contributed by atoms with E-state index in [4.69, 9.17) is 9.47 Å². The first-order valence-corrected chi connectivity index (χ1v) is 7.23. The van der Waals surface area contributed by atoms with E-state index in [2.05, 4.69) is 35.3 Å². The zero-order valence-electron chi connectivity index (χ0n) is 12.3. The monoisotopic (exact) mass is 334 g/mol. The standard InChI is InChI=1S/C15H22N2O2.2ClH/c1-2-13(17-7-5-16-6-8-17)12-3-4-14-15(11-12)19-10-9-18-14;;/h3-4,11,13,16H,2,5-10H2,1H3;2*1H/t13-;;/m0../s1. The van der Waals surface area contributed by atoms with Gasteiger partial charge >= 0.3 is 0 Å². The summed E-state index contributed by atoms with van der Waals surface area (Å²) in [6.07, 6.45) is 1.12. The minimum absolute atomic E-state index is 0. The van der Waals surface area contributed by atoms with Crippen molar-refractivity contribution in [2.24, 2.45) is 0 Å². The Kier molecular flexibility index (Phi) is 7.60. The van der Waals surface area contributed by atoms with Crippen LogP contribution in [0.2, 0.25) is 0 Å². The fourth-order valence-electron chi connectivity index (χ4n) is 2.97. The van der Waals surface area contributed by atoms with Gasteiger partial charge in [0.1, 0.15) is 13.2 Å². The van der Waals surface area contributed by atoms with E-state index in [0.717, 1.165) is 44.1 Å². The number of piperazine rings is 1. The molecule has 1 saturated heterocycles. The van der Waals surface area contributed by atoms with E-state index in [1.165, 1.54) is 5.56 Å². The number of benzene rings is 1. The lowest BCUT2D eigenvalue weighted by Crippen LogP contribution is -2.45. The summed E-state index contributed by atoms with van der Waals surface area (Å²) in [5, 5.41) is 3.41. The van der Waals surface area contributed by atoms with Crippen molar-refractivity contribution >= 4 is 24.8 Å². The second kappa shape index (κ2) is 8.69. The van der Waals surface area contributed by atoms with Gasteiger partial charge in [-0.2, -0.15) is 0 Å². The number of ether oxygens (including phenoxy) is 2. The molecule has 1 atom stereocenters. The Morgan fingerprint density at radius 3 is 2.43 bits per heavy atom. The summed E-state index contributed by atoms with van der Waals surface area (Å²) in [7, 11) is 0. The zero-order chi connectivity index (χ0) is 13.1. The largest absolute Gasteiger partial charge is 0.486 e. The Bertz CT molecular complexity index is 440. The predicted molar refractivity (Wildman–Crippen MR) is 89.4 cm³/mol. The number of rotatable bonds is 3. The summed E-state index contributed by atoms with van der Waals surface area (Å²) in [6.45, 7) is 7.97. The van der Waals surface area contributed by atoms with Crippen molar-refractivity contribution in [2.45, 2.75) is 19.4 Å². The van der Waals surface area contributed by atoms with Gasteiger partial charge < -0.3 is 14.8 Å². The van der Waals surface area contributed by atoms with Crippen molar-refractivity contribution in [1.82, 2.24) is 10.2 Å². The highest BCUT2D eigenvalue weighted by Gasteiger charge is 2.22. The van der Waals surface area contributed by atoms with Gasteiger partial charge in [-0.25, -0.2) is 0 Å². The van der Waals surface area contributed by atoms with Crippen LogP contribution in [0.3, 0.4) is 0 Å². The molecule has 3 rings (SSSR count). The molecule has 0 unspecified atom stereocenters. The quantitative estimate of drug-likeness (QED) is 0.921. The second-order valence-electron chi connectivity index (χ2n) is 5.11. The van der Waals surface area contributed by atoms with Crippen LogP contribution in [0.1, 0.15) is 24.9 Å². The van der Waals surface area contributed by atoms with Crippen LogP contribution in [-0.4, -0.2) is 44.3 Å². The molecule has 0 bridgehead atoms. The van der Waals surface area contributed by atoms with Gasteiger partial charge in [0, 0.05) is 32.2 Å². The normalized spacial score (nSPS) is 19.1. The van der Waals surface area contributed by atoms with E-state index in [1.54, 1.807) is 0 Å². The highest BCUT2D eigenvalue weighted by molar-refractivity contribution is 5.85. The molecule has 4 nitrogen and oxygen atoms in total. The van der Waals surface area contributed by atoms with E-state index >= 15 is 0 Å². The van der Waals surface area contributed by atoms with E-state index < -0.39 is 0 Å². The molecule has 21 heavy (non-hydrogen) atoms. The SMILES string of the molecule is CC[C@@H](c1ccc2c(c1)OCCO2)N1CCNCC1.Cl.Cl. The summed E-state index contributed by atoms with van der Waals surface area (Å²) < 4.78 is 11.3. The first kappa shape index (κ1) is 18.4. The van der Waals surface area contributed by atoms with Crippen molar-refractivity contribution in [3.05, 3.63) is 23.8 Å². The molecule has 1 aromatic carbocycles. The van der Waals surface area contributed by atoms with Gasteiger partial charge in [0.05, 0.1) is 0 Å². The maximum atomic E-state index is 5.69.